The van der Waals surface area contributed by atoms with Crippen molar-refractivity contribution in [3.05, 3.63) is 59.9 Å². The zero-order valence-corrected chi connectivity index (χ0v) is 14.3. The van der Waals surface area contributed by atoms with Crippen LogP contribution in [-0.2, 0) is 16.0 Å². The van der Waals surface area contributed by atoms with Gasteiger partial charge in [-0.15, -0.1) is 0 Å². The van der Waals surface area contributed by atoms with Crippen LogP contribution in [0.2, 0.25) is 0 Å². The lowest BCUT2D eigenvalue weighted by molar-refractivity contribution is -0.149. The molecule has 0 aliphatic heterocycles. The largest absolute Gasteiger partial charge is 0.466 e. The second-order valence-corrected chi connectivity index (χ2v) is 6.04. The van der Waals surface area contributed by atoms with E-state index in [-0.39, 0.29) is 25.1 Å². The van der Waals surface area contributed by atoms with E-state index in [1.54, 1.807) is 13.0 Å². The number of halogens is 1. The standard InChI is InChI=1S/C20H24FNO3/c1-2-25-20(24)17(13-23)12-19(22)10-14-6-8-15(9-7-14)16-4-3-5-18(21)11-16/h3-9,11,17,19,23H,2,10,12-13,22H2,1H3/t17-,19+/m0/s1. The molecule has 0 aromatic heterocycles. The van der Waals surface area contributed by atoms with Gasteiger partial charge in [0.05, 0.1) is 19.1 Å². The minimum atomic E-state index is -0.596. The molecule has 0 heterocycles. The number of hydrogen-bond acceptors (Lipinski definition) is 4. The summed E-state index contributed by atoms with van der Waals surface area (Å²) in [7, 11) is 0. The van der Waals surface area contributed by atoms with E-state index in [1.807, 2.05) is 30.3 Å². The Hall–Kier alpha value is -2.24. The number of carbonyl (C=O) groups is 1. The van der Waals surface area contributed by atoms with Crippen molar-refractivity contribution in [3.63, 3.8) is 0 Å². The van der Waals surface area contributed by atoms with Gasteiger partial charge in [0, 0.05) is 6.04 Å². The van der Waals surface area contributed by atoms with Gasteiger partial charge >= 0.3 is 5.97 Å². The van der Waals surface area contributed by atoms with Gasteiger partial charge in [-0.25, -0.2) is 4.39 Å². The number of rotatable bonds is 8. The Morgan fingerprint density at radius 2 is 1.92 bits per heavy atom. The highest BCUT2D eigenvalue weighted by atomic mass is 19.1. The number of ether oxygens (including phenoxy) is 1. The molecule has 0 unspecified atom stereocenters. The molecule has 0 spiro atoms. The molecular weight excluding hydrogens is 321 g/mol. The third-order valence-electron chi connectivity index (χ3n) is 4.04. The Morgan fingerprint density at radius 3 is 2.52 bits per heavy atom. The SMILES string of the molecule is CCOC(=O)[C@H](CO)C[C@H](N)Cc1ccc(-c2cccc(F)c2)cc1. The predicted molar refractivity (Wildman–Crippen MR) is 95.3 cm³/mol. The lowest BCUT2D eigenvalue weighted by atomic mass is 9.95. The highest BCUT2D eigenvalue weighted by molar-refractivity contribution is 5.72. The number of hydrogen-bond donors (Lipinski definition) is 2. The van der Waals surface area contributed by atoms with Crippen molar-refractivity contribution >= 4 is 5.97 Å². The van der Waals surface area contributed by atoms with E-state index in [2.05, 4.69) is 0 Å². The fourth-order valence-electron chi connectivity index (χ4n) is 2.76. The first kappa shape index (κ1) is 19.1. The quantitative estimate of drug-likeness (QED) is 0.722. The molecule has 2 rings (SSSR count). The molecule has 0 radical (unpaired) electrons. The van der Waals surface area contributed by atoms with E-state index < -0.39 is 11.9 Å². The Bertz CT molecular complexity index is 688. The van der Waals surface area contributed by atoms with Crippen LogP contribution in [0.25, 0.3) is 11.1 Å². The normalized spacial score (nSPS) is 13.3. The van der Waals surface area contributed by atoms with Crippen LogP contribution in [0.4, 0.5) is 4.39 Å². The first-order valence-corrected chi connectivity index (χ1v) is 8.41. The van der Waals surface area contributed by atoms with Crippen LogP contribution in [-0.4, -0.2) is 30.3 Å². The van der Waals surface area contributed by atoms with Crippen molar-refractivity contribution in [2.75, 3.05) is 13.2 Å². The highest BCUT2D eigenvalue weighted by Gasteiger charge is 2.22. The van der Waals surface area contributed by atoms with Crippen LogP contribution >= 0.6 is 0 Å². The van der Waals surface area contributed by atoms with Crippen molar-refractivity contribution in [2.24, 2.45) is 11.7 Å². The van der Waals surface area contributed by atoms with Gasteiger partial charge in [0.15, 0.2) is 0 Å². The Kier molecular flexibility index (Phi) is 7.10. The maximum absolute atomic E-state index is 13.3. The van der Waals surface area contributed by atoms with Crippen molar-refractivity contribution in [3.8, 4) is 11.1 Å². The van der Waals surface area contributed by atoms with Crippen LogP contribution in [0.5, 0.6) is 0 Å². The zero-order chi connectivity index (χ0) is 18.2. The monoisotopic (exact) mass is 345 g/mol. The molecule has 0 saturated heterocycles. The second kappa shape index (κ2) is 9.30. The van der Waals surface area contributed by atoms with E-state index >= 15 is 0 Å². The third-order valence-corrected chi connectivity index (χ3v) is 4.04. The van der Waals surface area contributed by atoms with Crippen LogP contribution in [0, 0.1) is 11.7 Å². The van der Waals surface area contributed by atoms with E-state index in [1.165, 1.54) is 12.1 Å². The van der Waals surface area contributed by atoms with Crippen LogP contribution in [0.1, 0.15) is 18.9 Å². The summed E-state index contributed by atoms with van der Waals surface area (Å²) in [4.78, 5) is 11.7. The number of aliphatic hydroxyl groups excluding tert-OH is 1. The number of benzene rings is 2. The van der Waals surface area contributed by atoms with Gasteiger partial charge in [-0.2, -0.15) is 0 Å². The molecule has 0 bridgehead atoms. The smallest absolute Gasteiger partial charge is 0.311 e. The molecule has 0 fully saturated rings. The summed E-state index contributed by atoms with van der Waals surface area (Å²) in [5.74, 6) is -1.28. The summed E-state index contributed by atoms with van der Waals surface area (Å²) in [6.07, 6.45) is 0.945. The average Bonchev–Trinajstić information content (AvgIpc) is 2.60. The Morgan fingerprint density at radius 1 is 1.20 bits per heavy atom. The molecule has 0 saturated carbocycles. The molecule has 5 heteroatoms. The average molecular weight is 345 g/mol. The Labute approximate surface area is 147 Å². The van der Waals surface area contributed by atoms with Gasteiger partial charge in [0.2, 0.25) is 0 Å². The molecule has 0 aliphatic carbocycles. The first-order valence-electron chi connectivity index (χ1n) is 8.41. The minimum Gasteiger partial charge on any atom is -0.466 e. The van der Waals surface area contributed by atoms with Crippen molar-refractivity contribution in [2.45, 2.75) is 25.8 Å². The lowest BCUT2D eigenvalue weighted by Crippen LogP contribution is -2.32. The summed E-state index contributed by atoms with van der Waals surface area (Å²) < 4.78 is 18.2. The molecule has 2 aromatic rings. The molecule has 2 aromatic carbocycles. The van der Waals surface area contributed by atoms with E-state index in [0.717, 1.165) is 16.7 Å². The second-order valence-electron chi connectivity index (χ2n) is 6.04. The molecular formula is C20H24FNO3. The van der Waals surface area contributed by atoms with Gasteiger partial charge in [0.1, 0.15) is 5.82 Å². The maximum atomic E-state index is 13.3. The van der Waals surface area contributed by atoms with Gasteiger partial charge in [-0.05, 0) is 48.6 Å². The fourth-order valence-corrected chi connectivity index (χ4v) is 2.76. The van der Waals surface area contributed by atoms with Crippen LogP contribution < -0.4 is 5.73 Å². The summed E-state index contributed by atoms with van der Waals surface area (Å²) in [6.45, 7) is 1.74. The summed E-state index contributed by atoms with van der Waals surface area (Å²) in [5.41, 5.74) is 8.88. The molecule has 25 heavy (non-hydrogen) atoms. The highest BCUT2D eigenvalue weighted by Crippen LogP contribution is 2.21. The van der Waals surface area contributed by atoms with Crippen molar-refractivity contribution < 1.29 is 19.0 Å². The predicted octanol–water partition coefficient (Wildman–Crippen LogP) is 2.92. The Balaban J connectivity index is 1.97. The molecule has 3 N–H and O–H groups in total. The molecule has 2 atom stereocenters. The van der Waals surface area contributed by atoms with Gasteiger partial charge in [-0.3, -0.25) is 4.79 Å². The van der Waals surface area contributed by atoms with E-state index in [9.17, 15) is 14.3 Å². The topological polar surface area (TPSA) is 72.5 Å². The summed E-state index contributed by atoms with van der Waals surface area (Å²) in [5, 5.41) is 9.34. The van der Waals surface area contributed by atoms with Gasteiger partial charge in [0.25, 0.3) is 0 Å². The number of nitrogens with two attached hydrogens (primary N) is 1. The zero-order valence-electron chi connectivity index (χ0n) is 14.3. The fraction of sp³-hybridized carbons (Fsp3) is 0.350. The molecule has 134 valence electrons. The lowest BCUT2D eigenvalue weighted by Gasteiger charge is -2.18. The van der Waals surface area contributed by atoms with Crippen LogP contribution in [0.3, 0.4) is 0 Å². The third kappa shape index (κ3) is 5.66. The molecule has 0 amide bonds. The molecule has 0 aliphatic rings. The maximum Gasteiger partial charge on any atom is 0.311 e. The van der Waals surface area contributed by atoms with Crippen molar-refractivity contribution in [1.82, 2.24) is 0 Å². The first-order chi connectivity index (χ1) is 12.0. The van der Waals surface area contributed by atoms with Crippen molar-refractivity contribution in [1.29, 1.82) is 0 Å². The van der Waals surface area contributed by atoms with Gasteiger partial charge in [-0.1, -0.05) is 36.4 Å². The van der Waals surface area contributed by atoms with E-state index in [4.69, 9.17) is 10.5 Å². The molecule has 4 nitrogen and oxygen atoms in total. The van der Waals surface area contributed by atoms with Crippen LogP contribution in [0.15, 0.2) is 48.5 Å². The number of carbonyl (C=O) groups excluding carboxylic acids is 1. The summed E-state index contributed by atoms with van der Waals surface area (Å²) >= 11 is 0. The number of esters is 1. The minimum absolute atomic E-state index is 0.262. The number of aliphatic hydroxyl groups is 1. The van der Waals surface area contributed by atoms with Gasteiger partial charge < -0.3 is 15.6 Å². The van der Waals surface area contributed by atoms with E-state index in [0.29, 0.717) is 12.8 Å². The summed E-state index contributed by atoms with van der Waals surface area (Å²) in [6, 6.07) is 13.9.